The van der Waals surface area contributed by atoms with Crippen molar-refractivity contribution in [2.75, 3.05) is 32.8 Å². The van der Waals surface area contributed by atoms with Crippen molar-refractivity contribution >= 4 is 5.91 Å². The molecule has 2 heterocycles. The number of ether oxygens (including phenoxy) is 3. The minimum absolute atomic E-state index is 0.0556. The van der Waals surface area contributed by atoms with Crippen LogP contribution in [0, 0.1) is 0 Å². The number of para-hydroxylation sites is 2. The number of rotatable bonds is 9. The molecule has 1 amide bonds. The number of fused-ring (bicyclic) bond motifs is 1. The van der Waals surface area contributed by atoms with Crippen LogP contribution in [0.3, 0.4) is 0 Å². The molecule has 2 N–H and O–H groups in total. The van der Waals surface area contributed by atoms with E-state index in [0.717, 1.165) is 31.4 Å². The first-order chi connectivity index (χ1) is 16.1. The quantitative estimate of drug-likeness (QED) is 0.566. The molecule has 33 heavy (non-hydrogen) atoms. The summed E-state index contributed by atoms with van der Waals surface area (Å²) in [7, 11) is 0. The maximum Gasteiger partial charge on any atom is 0.253 e. The van der Waals surface area contributed by atoms with Gasteiger partial charge in [-0.3, -0.25) is 4.79 Å². The van der Waals surface area contributed by atoms with Crippen molar-refractivity contribution < 1.29 is 24.1 Å². The topological polar surface area (TPSA) is 80.3 Å². The second-order valence-corrected chi connectivity index (χ2v) is 8.68. The Hall–Kier alpha value is -2.77. The van der Waals surface area contributed by atoms with Crippen LogP contribution in [-0.4, -0.2) is 67.0 Å². The number of unbranched alkanes of at least 4 members (excludes halogenated alkanes) is 1. The number of aliphatic hydroxyl groups is 1. The molecule has 2 aliphatic heterocycles. The first-order valence-electron chi connectivity index (χ1n) is 12.0. The van der Waals surface area contributed by atoms with Gasteiger partial charge < -0.3 is 29.5 Å². The molecule has 2 aromatic rings. The smallest absolute Gasteiger partial charge is 0.253 e. The molecular weight excluding hydrogens is 420 g/mol. The van der Waals surface area contributed by atoms with Gasteiger partial charge in [-0.05, 0) is 55.7 Å². The highest BCUT2D eigenvalue weighted by Crippen LogP contribution is 2.31. The largest absolute Gasteiger partial charge is 0.494 e. The molecule has 2 atom stereocenters. The van der Waals surface area contributed by atoms with Gasteiger partial charge in [-0.2, -0.15) is 0 Å². The first-order valence-corrected chi connectivity index (χ1v) is 12.0. The van der Waals surface area contributed by atoms with Crippen LogP contribution in [0.25, 0.3) is 0 Å². The molecule has 178 valence electrons. The zero-order valence-corrected chi connectivity index (χ0v) is 19.2. The molecule has 7 nitrogen and oxygen atoms in total. The monoisotopic (exact) mass is 454 g/mol. The number of nitrogens with one attached hydrogen (secondary N) is 1. The molecule has 0 saturated carbocycles. The lowest BCUT2D eigenvalue weighted by atomic mass is 10.0. The lowest BCUT2D eigenvalue weighted by Gasteiger charge is -2.34. The number of aliphatic hydroxyl groups excluding tert-OH is 1. The summed E-state index contributed by atoms with van der Waals surface area (Å²) in [6, 6.07) is 15.2. The Bertz CT molecular complexity index is 896. The zero-order valence-electron chi connectivity index (χ0n) is 19.2. The van der Waals surface area contributed by atoms with Crippen LogP contribution in [-0.2, 0) is 0 Å². The van der Waals surface area contributed by atoms with Gasteiger partial charge in [0.15, 0.2) is 17.6 Å². The fourth-order valence-electron chi connectivity index (χ4n) is 4.14. The molecule has 0 aliphatic carbocycles. The second-order valence-electron chi connectivity index (χ2n) is 8.68. The normalized spacial score (nSPS) is 19.2. The summed E-state index contributed by atoms with van der Waals surface area (Å²) in [5.41, 5.74) is 0.689. The van der Waals surface area contributed by atoms with E-state index in [1.807, 2.05) is 53.4 Å². The van der Waals surface area contributed by atoms with E-state index in [-0.39, 0.29) is 11.9 Å². The molecule has 1 fully saturated rings. The molecule has 2 unspecified atom stereocenters. The molecule has 2 aliphatic rings. The Morgan fingerprint density at radius 1 is 1.15 bits per heavy atom. The summed E-state index contributed by atoms with van der Waals surface area (Å²) in [4.78, 5) is 14.7. The molecular formula is C26H34N2O5. The van der Waals surface area contributed by atoms with Gasteiger partial charge in [0.1, 0.15) is 18.5 Å². The van der Waals surface area contributed by atoms with Crippen molar-refractivity contribution in [1.82, 2.24) is 10.2 Å². The summed E-state index contributed by atoms with van der Waals surface area (Å²) in [6.45, 7) is 4.97. The molecule has 0 aromatic heterocycles. The van der Waals surface area contributed by atoms with Crippen molar-refractivity contribution in [3.63, 3.8) is 0 Å². The van der Waals surface area contributed by atoms with E-state index in [1.165, 1.54) is 0 Å². The lowest BCUT2D eigenvalue weighted by Crippen LogP contribution is -2.50. The van der Waals surface area contributed by atoms with E-state index in [1.54, 1.807) is 0 Å². The van der Waals surface area contributed by atoms with Crippen LogP contribution in [0.15, 0.2) is 48.5 Å². The third kappa shape index (κ3) is 6.18. The van der Waals surface area contributed by atoms with E-state index < -0.39 is 12.2 Å². The lowest BCUT2D eigenvalue weighted by molar-refractivity contribution is -0.0109. The summed E-state index contributed by atoms with van der Waals surface area (Å²) < 4.78 is 17.3. The van der Waals surface area contributed by atoms with Crippen molar-refractivity contribution in [3.8, 4) is 17.2 Å². The molecule has 1 saturated heterocycles. The Balaban J connectivity index is 1.19. The first kappa shape index (κ1) is 23.4. The Labute approximate surface area is 195 Å². The number of carbonyl (C=O) groups excluding carboxylic acids is 1. The van der Waals surface area contributed by atoms with Crippen LogP contribution in [0.2, 0.25) is 0 Å². The fourth-order valence-corrected chi connectivity index (χ4v) is 4.14. The molecule has 4 rings (SSSR count). The van der Waals surface area contributed by atoms with Crippen LogP contribution in [0.5, 0.6) is 17.2 Å². The zero-order chi connectivity index (χ0) is 23.0. The summed E-state index contributed by atoms with van der Waals surface area (Å²) >= 11 is 0. The average molecular weight is 455 g/mol. The number of piperidine rings is 1. The van der Waals surface area contributed by atoms with E-state index in [9.17, 15) is 9.90 Å². The van der Waals surface area contributed by atoms with Gasteiger partial charge in [0, 0.05) is 31.2 Å². The molecule has 7 heteroatoms. The van der Waals surface area contributed by atoms with Gasteiger partial charge in [0.2, 0.25) is 0 Å². The number of carbonyl (C=O) groups is 1. The molecule has 0 bridgehead atoms. The van der Waals surface area contributed by atoms with Gasteiger partial charge in [0.05, 0.1) is 6.61 Å². The summed E-state index contributed by atoms with van der Waals surface area (Å²) in [6.07, 6.45) is 2.75. The highest BCUT2D eigenvalue weighted by molar-refractivity contribution is 5.94. The van der Waals surface area contributed by atoms with Crippen LogP contribution >= 0.6 is 0 Å². The van der Waals surface area contributed by atoms with Crippen molar-refractivity contribution in [1.29, 1.82) is 0 Å². The predicted molar refractivity (Wildman–Crippen MR) is 126 cm³/mol. The highest BCUT2D eigenvalue weighted by atomic mass is 16.6. The van der Waals surface area contributed by atoms with Gasteiger partial charge in [-0.15, -0.1) is 0 Å². The summed E-state index contributed by atoms with van der Waals surface area (Å²) in [5.74, 6) is 2.24. The van der Waals surface area contributed by atoms with E-state index in [4.69, 9.17) is 14.2 Å². The third-order valence-corrected chi connectivity index (χ3v) is 6.23. The Kier molecular flexibility index (Phi) is 8.07. The predicted octanol–water partition coefficient (Wildman–Crippen LogP) is 3.26. The minimum atomic E-state index is -0.670. The number of benzene rings is 2. The Morgan fingerprint density at radius 2 is 1.88 bits per heavy atom. The van der Waals surface area contributed by atoms with Crippen LogP contribution < -0.4 is 19.5 Å². The molecule has 0 radical (unpaired) electrons. The van der Waals surface area contributed by atoms with E-state index in [0.29, 0.717) is 49.9 Å². The minimum Gasteiger partial charge on any atom is -0.494 e. The third-order valence-electron chi connectivity index (χ3n) is 6.23. The Morgan fingerprint density at radius 3 is 2.61 bits per heavy atom. The highest BCUT2D eigenvalue weighted by Gasteiger charge is 2.29. The SMILES string of the molecule is CCCCOc1ccc(C(=O)N2CCC(NCC(O)C3COc4ccccc4O3)CC2)cc1. The average Bonchev–Trinajstić information content (AvgIpc) is 2.87. The summed E-state index contributed by atoms with van der Waals surface area (Å²) in [5, 5.41) is 14.0. The van der Waals surface area contributed by atoms with Crippen LogP contribution in [0.1, 0.15) is 43.0 Å². The number of amides is 1. The van der Waals surface area contributed by atoms with Gasteiger partial charge >= 0.3 is 0 Å². The maximum atomic E-state index is 12.8. The maximum absolute atomic E-state index is 12.8. The number of hydrogen-bond donors (Lipinski definition) is 2. The van der Waals surface area contributed by atoms with E-state index in [2.05, 4.69) is 12.2 Å². The number of hydrogen-bond acceptors (Lipinski definition) is 6. The van der Waals surface area contributed by atoms with Crippen LogP contribution in [0.4, 0.5) is 0 Å². The van der Waals surface area contributed by atoms with Gasteiger partial charge in [0.25, 0.3) is 5.91 Å². The van der Waals surface area contributed by atoms with Crippen molar-refractivity contribution in [3.05, 3.63) is 54.1 Å². The van der Waals surface area contributed by atoms with E-state index >= 15 is 0 Å². The standard InChI is InChI=1S/C26H34N2O5/c1-2-3-16-31-21-10-8-19(9-11-21)26(30)28-14-12-20(13-15-28)27-17-22(29)25-18-32-23-6-4-5-7-24(23)33-25/h4-11,20,22,25,27,29H,2-3,12-18H2,1H3. The number of likely N-dealkylation sites (tertiary alicyclic amines) is 1. The van der Waals surface area contributed by atoms with Crippen molar-refractivity contribution in [2.45, 2.75) is 50.9 Å². The molecule has 0 spiro atoms. The number of nitrogens with zero attached hydrogens (tertiary/aromatic N) is 1. The van der Waals surface area contributed by atoms with Gasteiger partial charge in [-0.25, -0.2) is 0 Å². The molecule has 2 aromatic carbocycles. The second kappa shape index (κ2) is 11.4. The fraction of sp³-hybridized carbons (Fsp3) is 0.500. The van der Waals surface area contributed by atoms with Crippen molar-refractivity contribution in [2.24, 2.45) is 0 Å². The van der Waals surface area contributed by atoms with Gasteiger partial charge in [-0.1, -0.05) is 25.5 Å².